The molecule has 1 amide bonds. The van der Waals surface area contributed by atoms with Crippen LogP contribution in [0.3, 0.4) is 0 Å². The predicted octanol–water partition coefficient (Wildman–Crippen LogP) is 8.74. The van der Waals surface area contributed by atoms with E-state index in [2.05, 4.69) is 49.5 Å². The zero-order valence-electron chi connectivity index (χ0n) is 24.1. The van der Waals surface area contributed by atoms with Crippen LogP contribution in [0.5, 0.6) is 0 Å². The van der Waals surface area contributed by atoms with Gasteiger partial charge >= 0.3 is 5.97 Å². The first-order valence-electron chi connectivity index (χ1n) is 13.2. The third kappa shape index (κ3) is 12.3. The molecule has 2 rings (SSSR count). The number of carboxylic acid groups (broad SMARTS) is 1. The van der Waals surface area contributed by atoms with Crippen LogP contribution in [0.2, 0.25) is 0 Å². The van der Waals surface area contributed by atoms with Crippen LogP contribution in [0, 0.1) is 18.7 Å². The molecule has 0 aliphatic carbocycles. The van der Waals surface area contributed by atoms with E-state index in [0.717, 1.165) is 34.9 Å². The highest BCUT2D eigenvalue weighted by molar-refractivity contribution is 6.30. The molecule has 0 fully saturated rings. The fourth-order valence-electron chi connectivity index (χ4n) is 4.16. The van der Waals surface area contributed by atoms with Gasteiger partial charge in [0.25, 0.3) is 0 Å². The Labute approximate surface area is 238 Å². The molecule has 214 valence electrons. The molecule has 0 unspecified atom stereocenters. The summed E-state index contributed by atoms with van der Waals surface area (Å²) >= 11 is 5.96. The third-order valence-electron chi connectivity index (χ3n) is 5.84. The second-order valence-electron chi connectivity index (χ2n) is 8.79. The Morgan fingerprint density at radius 2 is 1.92 bits per heavy atom. The molecule has 2 atom stereocenters. The molecule has 3 N–H and O–H groups in total. The number of carboxylic acids is 1. The van der Waals surface area contributed by atoms with E-state index in [1.807, 2.05) is 52.1 Å². The first kappa shape index (κ1) is 35.6. The van der Waals surface area contributed by atoms with Crippen molar-refractivity contribution in [1.82, 2.24) is 10.3 Å². The van der Waals surface area contributed by atoms with Crippen LogP contribution < -0.4 is 5.32 Å². The summed E-state index contributed by atoms with van der Waals surface area (Å²) in [5.41, 5.74) is 4.71. The Bertz CT molecular complexity index is 1180. The average molecular weight is 559 g/mol. The van der Waals surface area contributed by atoms with Crippen LogP contribution >= 0.6 is 11.6 Å². The van der Waals surface area contributed by atoms with Crippen molar-refractivity contribution in [3.8, 4) is 0 Å². The van der Waals surface area contributed by atoms with E-state index in [-0.39, 0.29) is 30.6 Å². The lowest BCUT2D eigenvalue weighted by Gasteiger charge is -2.29. The zero-order valence-corrected chi connectivity index (χ0v) is 24.9. The molecule has 2 aromatic rings. The number of hydrogen-bond acceptors (Lipinski definition) is 2. The van der Waals surface area contributed by atoms with Gasteiger partial charge in [-0.1, -0.05) is 81.8 Å². The summed E-state index contributed by atoms with van der Waals surface area (Å²) in [6.45, 7) is 20.6. The van der Waals surface area contributed by atoms with Crippen molar-refractivity contribution >= 4 is 34.9 Å². The van der Waals surface area contributed by atoms with E-state index >= 15 is 0 Å². The quantitative estimate of drug-likeness (QED) is 0.130. The number of fused-ring (bicyclic) bond motifs is 1. The summed E-state index contributed by atoms with van der Waals surface area (Å²) in [5.74, 6) is -0.897. The van der Waals surface area contributed by atoms with Gasteiger partial charge in [0, 0.05) is 29.1 Å². The Kier molecular flexibility index (Phi) is 18.0. The lowest BCUT2D eigenvalue weighted by molar-refractivity contribution is -0.136. The molecule has 0 bridgehead atoms. The van der Waals surface area contributed by atoms with Crippen molar-refractivity contribution in [3.63, 3.8) is 0 Å². The van der Waals surface area contributed by atoms with Gasteiger partial charge in [0.05, 0.1) is 11.9 Å². The van der Waals surface area contributed by atoms with Crippen molar-refractivity contribution in [1.29, 1.82) is 0 Å². The van der Waals surface area contributed by atoms with Gasteiger partial charge in [-0.3, -0.25) is 9.59 Å². The first-order chi connectivity index (χ1) is 18.6. The van der Waals surface area contributed by atoms with Crippen molar-refractivity contribution in [3.05, 3.63) is 95.0 Å². The molecule has 1 aromatic carbocycles. The summed E-state index contributed by atoms with van der Waals surface area (Å²) < 4.78 is 14.5. The SMILES string of the molecule is C=C(Cl)/C=C\C(=C)[C@H](c1c[nH]c2c(F)cc(C)cc12)[C@H](CCC)/C(C)=C/C=C\C.CC.O=CNCCC(=O)O. The molecule has 0 spiro atoms. The second-order valence-corrected chi connectivity index (χ2v) is 9.28. The van der Waals surface area contributed by atoms with Crippen molar-refractivity contribution in [2.24, 2.45) is 5.92 Å². The number of aryl methyl sites for hydroxylation is 1. The molecular weight excluding hydrogens is 515 g/mol. The number of halogens is 2. The van der Waals surface area contributed by atoms with Crippen LogP contribution in [0.4, 0.5) is 4.39 Å². The number of carbonyl (C=O) groups excluding carboxylic acids is 1. The van der Waals surface area contributed by atoms with E-state index in [0.29, 0.717) is 17.0 Å². The molecule has 0 aliphatic rings. The lowest BCUT2D eigenvalue weighted by atomic mass is 9.75. The molecular formula is C32H44ClFN2O3. The highest BCUT2D eigenvalue weighted by Gasteiger charge is 2.28. The van der Waals surface area contributed by atoms with E-state index in [1.165, 1.54) is 5.57 Å². The van der Waals surface area contributed by atoms with Gasteiger partial charge in [0.1, 0.15) is 5.82 Å². The van der Waals surface area contributed by atoms with Gasteiger partial charge in [0.15, 0.2) is 0 Å². The molecule has 0 saturated heterocycles. The molecule has 0 saturated carbocycles. The molecule has 0 radical (unpaired) electrons. The smallest absolute Gasteiger partial charge is 0.305 e. The number of H-pyrrole nitrogens is 1. The molecule has 1 heterocycles. The Balaban J connectivity index is 0.00000124. The fourth-order valence-corrected chi connectivity index (χ4v) is 4.22. The van der Waals surface area contributed by atoms with Crippen LogP contribution in [-0.2, 0) is 9.59 Å². The van der Waals surface area contributed by atoms with Gasteiger partial charge < -0.3 is 15.4 Å². The van der Waals surface area contributed by atoms with Crippen molar-refractivity contribution in [2.75, 3.05) is 6.54 Å². The van der Waals surface area contributed by atoms with Crippen molar-refractivity contribution in [2.45, 2.75) is 66.7 Å². The highest BCUT2D eigenvalue weighted by Crippen LogP contribution is 2.42. The van der Waals surface area contributed by atoms with E-state index in [9.17, 15) is 14.0 Å². The minimum Gasteiger partial charge on any atom is -0.481 e. The topological polar surface area (TPSA) is 82.2 Å². The molecule has 1 aromatic heterocycles. The van der Waals surface area contributed by atoms with Gasteiger partial charge in [0.2, 0.25) is 6.41 Å². The number of benzene rings is 1. The number of allylic oxidation sites excluding steroid dienone is 8. The largest absolute Gasteiger partial charge is 0.481 e. The maximum atomic E-state index is 14.5. The lowest BCUT2D eigenvalue weighted by Crippen LogP contribution is -2.16. The highest BCUT2D eigenvalue weighted by atomic mass is 35.5. The van der Waals surface area contributed by atoms with Gasteiger partial charge in [-0.2, -0.15) is 0 Å². The number of amides is 1. The predicted molar refractivity (Wildman–Crippen MR) is 164 cm³/mol. The van der Waals surface area contributed by atoms with Crippen molar-refractivity contribution < 1.29 is 19.1 Å². The minimum absolute atomic E-state index is 0.00123. The zero-order chi connectivity index (χ0) is 30.0. The summed E-state index contributed by atoms with van der Waals surface area (Å²) in [4.78, 5) is 22.3. The monoisotopic (exact) mass is 558 g/mol. The van der Waals surface area contributed by atoms with E-state index < -0.39 is 5.97 Å². The number of aliphatic carboxylic acids is 1. The number of nitrogens with one attached hydrogen (secondary N) is 2. The maximum absolute atomic E-state index is 14.5. The average Bonchev–Trinajstić information content (AvgIpc) is 3.31. The third-order valence-corrected chi connectivity index (χ3v) is 5.96. The van der Waals surface area contributed by atoms with Gasteiger partial charge in [-0.25, -0.2) is 4.39 Å². The Morgan fingerprint density at radius 1 is 1.26 bits per heavy atom. The van der Waals surface area contributed by atoms with E-state index in [4.69, 9.17) is 16.7 Å². The van der Waals surface area contributed by atoms with Crippen LogP contribution in [-0.4, -0.2) is 29.0 Å². The Morgan fingerprint density at radius 3 is 2.46 bits per heavy atom. The number of rotatable bonds is 13. The van der Waals surface area contributed by atoms with E-state index in [1.54, 1.807) is 12.1 Å². The fraction of sp³-hybridized carbons (Fsp3) is 0.375. The van der Waals surface area contributed by atoms with Crippen LogP contribution in [0.15, 0.2) is 78.0 Å². The second kappa shape index (κ2) is 19.7. The van der Waals surface area contributed by atoms with Gasteiger partial charge in [-0.05, 0) is 68.0 Å². The number of hydrogen-bond donors (Lipinski definition) is 3. The van der Waals surface area contributed by atoms with Gasteiger partial charge in [-0.15, -0.1) is 0 Å². The summed E-state index contributed by atoms with van der Waals surface area (Å²) in [7, 11) is 0. The Hall–Kier alpha value is -3.38. The first-order valence-corrected chi connectivity index (χ1v) is 13.6. The minimum atomic E-state index is -0.903. The van der Waals surface area contributed by atoms with Crippen LogP contribution in [0.25, 0.3) is 10.9 Å². The number of aromatic nitrogens is 1. The number of carbonyl (C=O) groups is 2. The number of aromatic amines is 1. The summed E-state index contributed by atoms with van der Waals surface area (Å²) in [6, 6.07) is 3.60. The molecule has 0 aliphatic heterocycles. The van der Waals surface area contributed by atoms with Crippen LogP contribution in [0.1, 0.15) is 70.9 Å². The summed E-state index contributed by atoms with van der Waals surface area (Å²) in [5, 5.41) is 11.6. The molecule has 39 heavy (non-hydrogen) atoms. The summed E-state index contributed by atoms with van der Waals surface area (Å²) in [6.07, 6.45) is 14.4. The maximum Gasteiger partial charge on any atom is 0.305 e. The normalized spacial score (nSPS) is 12.8. The molecule has 7 heteroatoms. The standard InChI is InChI=1S/C26H31ClFN.C4H7NO3.C2H6/c1-7-9-11-18(4)21(10-8-2)25(19(5)12-13-20(6)27)23-16-29-26-22(23)14-17(3)15-24(26)28;6-3-5-2-1-4(7)8;1-2/h7,9,11-16,21,25,29H,5-6,8,10H2,1-4H3;3H,1-2H2,(H,5,6)(H,7,8);1-2H3/b9-7-,13-12-,18-11+;;/t21-,25+;;/m1../s1. The molecule has 5 nitrogen and oxygen atoms in total.